The molecule has 3 nitrogen and oxygen atoms in total. The summed E-state index contributed by atoms with van der Waals surface area (Å²) in [5.41, 5.74) is 3.32. The number of hydrogen-bond donors (Lipinski definition) is 2. The van der Waals surface area contributed by atoms with Gasteiger partial charge in [-0.1, -0.05) is 46.1 Å². The summed E-state index contributed by atoms with van der Waals surface area (Å²) in [5.74, 6) is 0.693. The van der Waals surface area contributed by atoms with E-state index in [9.17, 15) is 4.79 Å². The molecule has 1 unspecified atom stereocenters. The van der Waals surface area contributed by atoms with Gasteiger partial charge in [0.15, 0.2) is 0 Å². The number of benzene rings is 1. The Labute approximate surface area is 129 Å². The summed E-state index contributed by atoms with van der Waals surface area (Å²) < 4.78 is 0. The first kappa shape index (κ1) is 17.5. The summed E-state index contributed by atoms with van der Waals surface area (Å²) in [7, 11) is 0. The van der Waals surface area contributed by atoms with Crippen molar-refractivity contribution in [2.75, 3.05) is 17.2 Å². The summed E-state index contributed by atoms with van der Waals surface area (Å²) in [4.78, 5) is 11.2. The molecule has 0 saturated heterocycles. The molecule has 1 amide bonds. The Balaban J connectivity index is 2.72. The number of carbonyl (C=O) groups excluding carboxylic acids is 1. The van der Waals surface area contributed by atoms with Gasteiger partial charge in [-0.05, 0) is 36.5 Å². The predicted octanol–water partition coefficient (Wildman–Crippen LogP) is 4.84. The second-order valence-corrected chi connectivity index (χ2v) is 5.70. The number of carbonyl (C=O) groups is 1. The smallest absolute Gasteiger partial charge is 0.221 e. The van der Waals surface area contributed by atoms with Crippen LogP contribution in [0.25, 0.3) is 0 Å². The third-order valence-corrected chi connectivity index (χ3v) is 3.94. The highest BCUT2D eigenvalue weighted by Crippen LogP contribution is 2.23. The SMILES string of the molecule is CCCCC(CC)CNc1cc(NC(C)=O)ccc1CC. The molecule has 0 aromatic heterocycles. The standard InChI is InChI=1S/C18H30N2O/c1-5-8-9-15(6-2)13-19-18-12-17(20-14(4)21)11-10-16(18)7-3/h10-12,15,19H,5-9,13H2,1-4H3,(H,20,21). The average Bonchev–Trinajstić information content (AvgIpc) is 2.47. The van der Waals surface area contributed by atoms with Gasteiger partial charge >= 0.3 is 0 Å². The lowest BCUT2D eigenvalue weighted by molar-refractivity contribution is -0.114. The topological polar surface area (TPSA) is 41.1 Å². The van der Waals surface area contributed by atoms with Gasteiger partial charge in [-0.2, -0.15) is 0 Å². The number of nitrogens with one attached hydrogen (secondary N) is 2. The third-order valence-electron chi connectivity index (χ3n) is 3.94. The second-order valence-electron chi connectivity index (χ2n) is 5.70. The fourth-order valence-corrected chi connectivity index (χ4v) is 2.53. The van der Waals surface area contributed by atoms with Gasteiger partial charge < -0.3 is 10.6 Å². The van der Waals surface area contributed by atoms with E-state index >= 15 is 0 Å². The zero-order valence-electron chi connectivity index (χ0n) is 14.0. The van der Waals surface area contributed by atoms with Crippen molar-refractivity contribution in [2.45, 2.75) is 59.8 Å². The summed E-state index contributed by atoms with van der Waals surface area (Å²) in [5, 5.41) is 6.44. The summed E-state index contributed by atoms with van der Waals surface area (Å²) in [6.07, 6.45) is 6.04. The van der Waals surface area contributed by atoms with Gasteiger partial charge in [-0.3, -0.25) is 4.79 Å². The van der Waals surface area contributed by atoms with Gasteiger partial charge in [0.2, 0.25) is 5.91 Å². The fourth-order valence-electron chi connectivity index (χ4n) is 2.53. The van der Waals surface area contributed by atoms with Crippen LogP contribution in [-0.4, -0.2) is 12.5 Å². The van der Waals surface area contributed by atoms with E-state index in [0.717, 1.165) is 30.3 Å². The van der Waals surface area contributed by atoms with Crippen LogP contribution in [-0.2, 0) is 11.2 Å². The molecule has 1 aromatic carbocycles. The Morgan fingerprint density at radius 3 is 2.57 bits per heavy atom. The van der Waals surface area contributed by atoms with Crippen molar-refractivity contribution < 1.29 is 4.79 Å². The van der Waals surface area contributed by atoms with Crippen molar-refractivity contribution in [3.63, 3.8) is 0 Å². The first-order valence-corrected chi connectivity index (χ1v) is 8.25. The first-order chi connectivity index (χ1) is 10.1. The Kier molecular flexibility index (Phi) is 7.88. The van der Waals surface area contributed by atoms with Crippen molar-refractivity contribution >= 4 is 17.3 Å². The van der Waals surface area contributed by atoms with Crippen molar-refractivity contribution in [3.8, 4) is 0 Å². The number of amides is 1. The maximum atomic E-state index is 11.2. The minimum absolute atomic E-state index is 0.0282. The molecule has 0 aliphatic rings. The molecule has 0 fully saturated rings. The summed E-state index contributed by atoms with van der Waals surface area (Å²) in [6.45, 7) is 9.21. The molecule has 0 bridgehead atoms. The van der Waals surface area contributed by atoms with Crippen LogP contribution in [0.3, 0.4) is 0 Å². The maximum absolute atomic E-state index is 11.2. The summed E-state index contributed by atoms with van der Waals surface area (Å²) in [6, 6.07) is 6.12. The normalized spacial score (nSPS) is 12.0. The first-order valence-electron chi connectivity index (χ1n) is 8.25. The molecule has 1 aromatic rings. The Bertz CT molecular complexity index is 443. The molecule has 0 heterocycles. The molecule has 1 atom stereocenters. The maximum Gasteiger partial charge on any atom is 0.221 e. The van der Waals surface area contributed by atoms with E-state index in [4.69, 9.17) is 0 Å². The van der Waals surface area contributed by atoms with E-state index in [-0.39, 0.29) is 5.91 Å². The van der Waals surface area contributed by atoms with Crippen LogP contribution in [0.4, 0.5) is 11.4 Å². The van der Waals surface area contributed by atoms with Crippen molar-refractivity contribution in [3.05, 3.63) is 23.8 Å². The molecule has 0 spiro atoms. The van der Waals surface area contributed by atoms with Gasteiger partial charge in [-0.25, -0.2) is 0 Å². The number of aryl methyl sites for hydroxylation is 1. The number of anilines is 2. The van der Waals surface area contributed by atoms with E-state index in [1.54, 1.807) is 6.92 Å². The monoisotopic (exact) mass is 290 g/mol. The summed E-state index contributed by atoms with van der Waals surface area (Å²) >= 11 is 0. The van der Waals surface area contributed by atoms with Crippen LogP contribution in [0.1, 0.15) is 58.9 Å². The van der Waals surface area contributed by atoms with Gasteiger partial charge in [0, 0.05) is 24.8 Å². The number of unbranched alkanes of at least 4 members (excludes halogenated alkanes) is 1. The van der Waals surface area contributed by atoms with Crippen molar-refractivity contribution in [1.29, 1.82) is 0 Å². The van der Waals surface area contributed by atoms with Crippen LogP contribution in [0.15, 0.2) is 18.2 Å². The van der Waals surface area contributed by atoms with Gasteiger partial charge in [0.05, 0.1) is 0 Å². The highest BCUT2D eigenvalue weighted by Gasteiger charge is 2.08. The molecule has 1 rings (SSSR count). The molecule has 0 aliphatic carbocycles. The highest BCUT2D eigenvalue weighted by molar-refractivity contribution is 5.89. The Morgan fingerprint density at radius 1 is 1.24 bits per heavy atom. The fraction of sp³-hybridized carbons (Fsp3) is 0.611. The lowest BCUT2D eigenvalue weighted by Gasteiger charge is -2.18. The van der Waals surface area contributed by atoms with Crippen LogP contribution in [0.5, 0.6) is 0 Å². The molecular formula is C18H30N2O. The van der Waals surface area contributed by atoms with E-state index in [1.165, 1.54) is 31.2 Å². The molecule has 118 valence electrons. The highest BCUT2D eigenvalue weighted by atomic mass is 16.1. The predicted molar refractivity (Wildman–Crippen MR) is 91.9 cm³/mol. The van der Waals surface area contributed by atoms with E-state index in [1.807, 2.05) is 12.1 Å². The number of rotatable bonds is 9. The van der Waals surface area contributed by atoms with Crippen LogP contribution < -0.4 is 10.6 Å². The minimum atomic E-state index is -0.0282. The van der Waals surface area contributed by atoms with Crippen LogP contribution >= 0.6 is 0 Å². The molecule has 3 heteroatoms. The zero-order valence-corrected chi connectivity index (χ0v) is 14.0. The molecule has 0 aliphatic heterocycles. The molecule has 21 heavy (non-hydrogen) atoms. The molecule has 0 radical (unpaired) electrons. The molecule has 0 saturated carbocycles. The Morgan fingerprint density at radius 2 is 2.00 bits per heavy atom. The van der Waals surface area contributed by atoms with Crippen LogP contribution in [0.2, 0.25) is 0 Å². The van der Waals surface area contributed by atoms with E-state index in [0.29, 0.717) is 0 Å². The Hall–Kier alpha value is -1.51. The lowest BCUT2D eigenvalue weighted by Crippen LogP contribution is -2.15. The second kappa shape index (κ2) is 9.43. The van der Waals surface area contributed by atoms with E-state index in [2.05, 4.69) is 37.5 Å². The molecule has 2 N–H and O–H groups in total. The van der Waals surface area contributed by atoms with Gasteiger partial charge in [-0.15, -0.1) is 0 Å². The average molecular weight is 290 g/mol. The third kappa shape index (κ3) is 6.19. The lowest BCUT2D eigenvalue weighted by atomic mass is 9.99. The number of hydrogen-bond acceptors (Lipinski definition) is 2. The molecular weight excluding hydrogens is 260 g/mol. The van der Waals surface area contributed by atoms with E-state index < -0.39 is 0 Å². The van der Waals surface area contributed by atoms with Gasteiger partial charge in [0.25, 0.3) is 0 Å². The van der Waals surface area contributed by atoms with Crippen LogP contribution in [0, 0.1) is 5.92 Å². The largest absolute Gasteiger partial charge is 0.384 e. The quantitative estimate of drug-likeness (QED) is 0.683. The zero-order chi connectivity index (χ0) is 15.7. The minimum Gasteiger partial charge on any atom is -0.384 e. The van der Waals surface area contributed by atoms with Crippen molar-refractivity contribution in [2.24, 2.45) is 5.92 Å². The van der Waals surface area contributed by atoms with Gasteiger partial charge in [0.1, 0.15) is 0 Å². The van der Waals surface area contributed by atoms with Crippen molar-refractivity contribution in [1.82, 2.24) is 0 Å².